The summed E-state index contributed by atoms with van der Waals surface area (Å²) in [5.74, 6) is -0.0375. The summed E-state index contributed by atoms with van der Waals surface area (Å²) < 4.78 is 5.26. The van der Waals surface area contributed by atoms with E-state index in [1.165, 1.54) is 0 Å². The fraction of sp³-hybridized carbons (Fsp3) is 0.909. The van der Waals surface area contributed by atoms with Crippen molar-refractivity contribution >= 4 is 5.91 Å². The first-order chi connectivity index (χ1) is 7.74. The highest BCUT2D eigenvalue weighted by atomic mass is 16.5. The van der Waals surface area contributed by atoms with Gasteiger partial charge in [-0.15, -0.1) is 0 Å². The van der Waals surface area contributed by atoms with Gasteiger partial charge in [0.05, 0.1) is 19.3 Å². The molecule has 1 aliphatic rings. The molecule has 1 rings (SSSR count). The molecule has 3 N–H and O–H groups in total. The molecule has 0 bridgehead atoms. The molecule has 94 valence electrons. The summed E-state index contributed by atoms with van der Waals surface area (Å²) in [5, 5.41) is 2.85. The van der Waals surface area contributed by atoms with Crippen LogP contribution in [0.5, 0.6) is 0 Å². The lowest BCUT2D eigenvalue weighted by molar-refractivity contribution is -0.122. The SMILES string of the molecule is CCC(N)C(=O)NCCCN1CCOCC1. The third-order valence-electron chi connectivity index (χ3n) is 2.83. The summed E-state index contributed by atoms with van der Waals surface area (Å²) in [6.07, 6.45) is 1.66. The van der Waals surface area contributed by atoms with Crippen LogP contribution in [0, 0.1) is 0 Å². The molecule has 0 aromatic heterocycles. The lowest BCUT2D eigenvalue weighted by atomic mass is 10.2. The number of hydrogen-bond acceptors (Lipinski definition) is 4. The van der Waals surface area contributed by atoms with Crippen LogP contribution >= 0.6 is 0 Å². The lowest BCUT2D eigenvalue weighted by Gasteiger charge is -2.26. The molecule has 0 aromatic rings. The maximum Gasteiger partial charge on any atom is 0.236 e. The van der Waals surface area contributed by atoms with Crippen LogP contribution in [0.25, 0.3) is 0 Å². The Kier molecular flexibility index (Phi) is 6.37. The Balaban J connectivity index is 2.00. The van der Waals surface area contributed by atoms with Gasteiger partial charge in [-0.05, 0) is 19.4 Å². The van der Waals surface area contributed by atoms with E-state index in [2.05, 4.69) is 10.2 Å². The van der Waals surface area contributed by atoms with E-state index in [1.807, 2.05) is 6.92 Å². The Labute approximate surface area is 97.3 Å². The van der Waals surface area contributed by atoms with Gasteiger partial charge in [-0.25, -0.2) is 0 Å². The van der Waals surface area contributed by atoms with E-state index in [-0.39, 0.29) is 11.9 Å². The predicted octanol–water partition coefficient (Wildman–Crippen LogP) is -0.438. The van der Waals surface area contributed by atoms with E-state index in [0.717, 1.165) is 39.3 Å². The Morgan fingerprint density at radius 2 is 2.19 bits per heavy atom. The molecule has 0 radical (unpaired) electrons. The second kappa shape index (κ2) is 7.60. The number of nitrogens with two attached hydrogens (primary N) is 1. The van der Waals surface area contributed by atoms with Crippen LogP contribution in [0.2, 0.25) is 0 Å². The quantitative estimate of drug-likeness (QED) is 0.606. The summed E-state index contributed by atoms with van der Waals surface area (Å²) in [6.45, 7) is 7.30. The largest absolute Gasteiger partial charge is 0.379 e. The van der Waals surface area contributed by atoms with Crippen molar-refractivity contribution in [2.75, 3.05) is 39.4 Å². The van der Waals surface area contributed by atoms with Crippen molar-refractivity contribution in [3.05, 3.63) is 0 Å². The molecule has 0 aromatic carbocycles. The number of carbonyl (C=O) groups excluding carboxylic acids is 1. The number of amides is 1. The van der Waals surface area contributed by atoms with Crippen molar-refractivity contribution in [2.45, 2.75) is 25.8 Å². The molecule has 5 heteroatoms. The fourth-order valence-corrected chi connectivity index (χ4v) is 1.66. The average Bonchev–Trinajstić information content (AvgIpc) is 2.34. The van der Waals surface area contributed by atoms with Gasteiger partial charge in [-0.3, -0.25) is 9.69 Å². The van der Waals surface area contributed by atoms with E-state index >= 15 is 0 Å². The van der Waals surface area contributed by atoms with Crippen molar-refractivity contribution in [3.8, 4) is 0 Å². The summed E-state index contributed by atoms with van der Waals surface area (Å²) >= 11 is 0. The number of morpholine rings is 1. The van der Waals surface area contributed by atoms with Crippen LogP contribution in [0.4, 0.5) is 0 Å². The van der Waals surface area contributed by atoms with Crippen LogP contribution in [0.1, 0.15) is 19.8 Å². The minimum atomic E-state index is -0.358. The first kappa shape index (κ1) is 13.4. The smallest absolute Gasteiger partial charge is 0.236 e. The van der Waals surface area contributed by atoms with Gasteiger partial charge >= 0.3 is 0 Å². The van der Waals surface area contributed by atoms with Crippen LogP contribution in [-0.4, -0.2) is 56.2 Å². The van der Waals surface area contributed by atoms with E-state index < -0.39 is 0 Å². The molecule has 1 heterocycles. The van der Waals surface area contributed by atoms with Crippen molar-refractivity contribution in [3.63, 3.8) is 0 Å². The lowest BCUT2D eigenvalue weighted by Crippen LogP contribution is -2.42. The summed E-state index contributed by atoms with van der Waals surface area (Å²) in [4.78, 5) is 13.7. The van der Waals surface area contributed by atoms with Gasteiger partial charge in [0.2, 0.25) is 5.91 Å². The van der Waals surface area contributed by atoms with E-state index in [9.17, 15) is 4.79 Å². The zero-order valence-electron chi connectivity index (χ0n) is 10.1. The summed E-state index contributed by atoms with van der Waals surface area (Å²) in [6, 6.07) is -0.358. The highest BCUT2D eigenvalue weighted by Gasteiger charge is 2.11. The van der Waals surface area contributed by atoms with E-state index in [0.29, 0.717) is 13.0 Å². The van der Waals surface area contributed by atoms with Crippen LogP contribution in [0.15, 0.2) is 0 Å². The molecule has 1 saturated heterocycles. The maximum absolute atomic E-state index is 11.4. The van der Waals surface area contributed by atoms with E-state index in [4.69, 9.17) is 10.5 Å². The number of nitrogens with zero attached hydrogens (tertiary/aromatic N) is 1. The molecule has 0 spiro atoms. The second-order valence-electron chi connectivity index (χ2n) is 4.11. The number of hydrogen-bond donors (Lipinski definition) is 2. The summed E-state index contributed by atoms with van der Waals surface area (Å²) in [5.41, 5.74) is 5.60. The normalized spacial score (nSPS) is 19.4. The highest BCUT2D eigenvalue weighted by Crippen LogP contribution is 1.97. The molecule has 5 nitrogen and oxygen atoms in total. The zero-order valence-corrected chi connectivity index (χ0v) is 10.1. The molecule has 16 heavy (non-hydrogen) atoms. The number of ether oxygens (including phenoxy) is 1. The molecular formula is C11H23N3O2. The molecule has 1 amide bonds. The van der Waals surface area contributed by atoms with Crippen LogP contribution < -0.4 is 11.1 Å². The van der Waals surface area contributed by atoms with Gasteiger partial charge < -0.3 is 15.8 Å². The number of nitrogens with one attached hydrogen (secondary N) is 1. The molecule has 0 saturated carbocycles. The fourth-order valence-electron chi connectivity index (χ4n) is 1.66. The number of rotatable bonds is 6. The van der Waals surface area contributed by atoms with Gasteiger partial charge in [0, 0.05) is 19.6 Å². The third kappa shape index (κ3) is 4.92. The highest BCUT2D eigenvalue weighted by molar-refractivity contribution is 5.81. The molecule has 1 aliphatic heterocycles. The Bertz CT molecular complexity index is 205. The molecule has 1 atom stereocenters. The zero-order chi connectivity index (χ0) is 11.8. The minimum Gasteiger partial charge on any atom is -0.379 e. The predicted molar refractivity (Wildman–Crippen MR) is 63.2 cm³/mol. The van der Waals surface area contributed by atoms with Gasteiger partial charge in [0.1, 0.15) is 0 Å². The average molecular weight is 229 g/mol. The van der Waals surface area contributed by atoms with Crippen molar-refractivity contribution in [1.29, 1.82) is 0 Å². The Morgan fingerprint density at radius 1 is 1.50 bits per heavy atom. The Hall–Kier alpha value is -0.650. The second-order valence-corrected chi connectivity index (χ2v) is 4.11. The van der Waals surface area contributed by atoms with Crippen LogP contribution in [0.3, 0.4) is 0 Å². The third-order valence-corrected chi connectivity index (χ3v) is 2.83. The first-order valence-corrected chi connectivity index (χ1v) is 6.07. The summed E-state index contributed by atoms with van der Waals surface area (Å²) in [7, 11) is 0. The van der Waals surface area contributed by atoms with Crippen LogP contribution in [-0.2, 0) is 9.53 Å². The molecule has 1 unspecified atom stereocenters. The van der Waals surface area contributed by atoms with Gasteiger partial charge in [-0.2, -0.15) is 0 Å². The Morgan fingerprint density at radius 3 is 2.81 bits per heavy atom. The standard InChI is InChI=1S/C11H23N3O2/c1-2-10(12)11(15)13-4-3-5-14-6-8-16-9-7-14/h10H,2-9,12H2,1H3,(H,13,15). The number of carbonyl (C=O) groups is 1. The van der Waals surface area contributed by atoms with Crippen molar-refractivity contribution in [1.82, 2.24) is 10.2 Å². The van der Waals surface area contributed by atoms with Crippen molar-refractivity contribution in [2.24, 2.45) is 5.73 Å². The first-order valence-electron chi connectivity index (χ1n) is 6.07. The molecule has 1 fully saturated rings. The topological polar surface area (TPSA) is 67.6 Å². The monoisotopic (exact) mass is 229 g/mol. The molecular weight excluding hydrogens is 206 g/mol. The van der Waals surface area contributed by atoms with Crippen molar-refractivity contribution < 1.29 is 9.53 Å². The van der Waals surface area contributed by atoms with Gasteiger partial charge in [-0.1, -0.05) is 6.92 Å². The minimum absolute atomic E-state index is 0.0375. The maximum atomic E-state index is 11.4. The van der Waals surface area contributed by atoms with Gasteiger partial charge in [0.25, 0.3) is 0 Å². The van der Waals surface area contributed by atoms with E-state index in [1.54, 1.807) is 0 Å². The van der Waals surface area contributed by atoms with Gasteiger partial charge in [0.15, 0.2) is 0 Å². The molecule has 0 aliphatic carbocycles.